The Bertz CT molecular complexity index is 543. The number of hydrogen-bond donors (Lipinski definition) is 2. The number of aliphatic imine (C=N–C) groups is 1. The summed E-state index contributed by atoms with van der Waals surface area (Å²) in [6, 6.07) is 4.93. The molecule has 0 saturated heterocycles. The van der Waals surface area contributed by atoms with Gasteiger partial charge in [-0.25, -0.2) is 4.99 Å². The van der Waals surface area contributed by atoms with Gasteiger partial charge in [0.25, 0.3) is 0 Å². The van der Waals surface area contributed by atoms with Crippen LogP contribution in [0.5, 0.6) is 0 Å². The van der Waals surface area contributed by atoms with Gasteiger partial charge < -0.3 is 17.7 Å². The number of quaternary nitrogens is 1. The maximum Gasteiger partial charge on any atom is 0.311 e. The number of likely N-dealkylation sites (N-methyl/N-ethyl adjacent to an activating group) is 1. The lowest BCUT2D eigenvalue weighted by molar-refractivity contribution is -0.744. The van der Waals surface area contributed by atoms with Crippen molar-refractivity contribution in [3.05, 3.63) is 40.1 Å². The van der Waals surface area contributed by atoms with E-state index in [1.807, 2.05) is 6.92 Å². The Balaban J connectivity index is 0.00000180. The van der Waals surface area contributed by atoms with Crippen molar-refractivity contribution in [2.24, 2.45) is 4.99 Å². The molecule has 1 aromatic rings. The van der Waals surface area contributed by atoms with Gasteiger partial charge in [0, 0.05) is 5.02 Å². The first-order valence-corrected chi connectivity index (χ1v) is 6.23. The Kier molecular flexibility index (Phi) is 5.82. The molecule has 102 valence electrons. The fourth-order valence-corrected chi connectivity index (χ4v) is 2.08. The third kappa shape index (κ3) is 3.70. The van der Waals surface area contributed by atoms with Gasteiger partial charge in [0.15, 0.2) is 6.34 Å². The summed E-state index contributed by atoms with van der Waals surface area (Å²) in [5.74, 6) is -0.214. The summed E-state index contributed by atoms with van der Waals surface area (Å²) >= 11 is 11.8. The normalized spacial score (nSPS) is 16.8. The topological polar surface area (TPSA) is 45.9 Å². The second-order valence-electron chi connectivity index (χ2n) is 3.78. The summed E-state index contributed by atoms with van der Waals surface area (Å²) in [5.41, 5.74) is 1.11. The molecule has 1 unspecified atom stereocenters. The third-order valence-electron chi connectivity index (χ3n) is 2.58. The molecule has 0 spiro atoms. The minimum Gasteiger partial charge on any atom is -1.00 e. The second-order valence-corrected chi connectivity index (χ2v) is 4.62. The zero-order valence-corrected chi connectivity index (χ0v) is 12.4. The minimum absolute atomic E-state index is 0. The van der Waals surface area contributed by atoms with E-state index in [9.17, 15) is 4.79 Å². The maximum atomic E-state index is 12.0. The second kappa shape index (κ2) is 6.91. The molecule has 2 N–H and O–H groups in total. The van der Waals surface area contributed by atoms with Crippen LogP contribution in [0.25, 0.3) is 0 Å². The van der Waals surface area contributed by atoms with Crippen LogP contribution in [0.4, 0.5) is 5.69 Å². The summed E-state index contributed by atoms with van der Waals surface area (Å²) in [6.07, 6.45) is 3.25. The summed E-state index contributed by atoms with van der Waals surface area (Å²) in [6.45, 7) is 2.74. The number of anilines is 1. The molecule has 1 atom stereocenters. The molecule has 1 aliphatic rings. The molecule has 2 rings (SSSR count). The molecular formula is C12H12Cl3N3O. The molecule has 1 amide bonds. The standard InChI is InChI=1S/C12H11Cl2N3O.ClH/c1-2-17-7-15-6-11(17)12(18)16-10-4-3-8(13)5-9(10)14;/h3-7H,2H2,1H3,(H,16,18);1H. The van der Waals surface area contributed by atoms with E-state index in [1.54, 1.807) is 30.7 Å². The van der Waals surface area contributed by atoms with Crippen LogP contribution < -0.4 is 22.6 Å². The Morgan fingerprint density at radius 3 is 2.79 bits per heavy atom. The summed E-state index contributed by atoms with van der Waals surface area (Å²) in [7, 11) is 0. The van der Waals surface area contributed by atoms with Crippen LogP contribution in [0.2, 0.25) is 10.0 Å². The monoisotopic (exact) mass is 319 g/mol. The highest BCUT2D eigenvalue weighted by atomic mass is 35.5. The smallest absolute Gasteiger partial charge is 0.311 e. The van der Waals surface area contributed by atoms with Crippen LogP contribution in [0.3, 0.4) is 0 Å². The van der Waals surface area contributed by atoms with Gasteiger partial charge in [-0.3, -0.25) is 9.69 Å². The van der Waals surface area contributed by atoms with E-state index in [0.29, 0.717) is 21.4 Å². The fourth-order valence-electron chi connectivity index (χ4n) is 1.62. The molecule has 0 bridgehead atoms. The van der Waals surface area contributed by atoms with Gasteiger partial charge in [0.05, 0.1) is 23.5 Å². The Labute approximate surface area is 127 Å². The molecular weight excluding hydrogens is 309 g/mol. The Morgan fingerprint density at radius 1 is 1.42 bits per heavy atom. The van der Waals surface area contributed by atoms with E-state index in [1.165, 1.54) is 0 Å². The lowest BCUT2D eigenvalue weighted by Gasteiger charge is -2.11. The largest absolute Gasteiger partial charge is 1.00 e. The lowest BCUT2D eigenvalue weighted by atomic mass is 10.3. The lowest BCUT2D eigenvalue weighted by Crippen LogP contribution is -3.08. The van der Waals surface area contributed by atoms with Crippen LogP contribution in [-0.4, -0.2) is 18.8 Å². The molecule has 1 aromatic carbocycles. The molecule has 0 fully saturated rings. The SMILES string of the molecule is CC[NH+]1C=NC=C1C(=O)Nc1ccc(Cl)cc1Cl.[Cl-]. The van der Waals surface area contributed by atoms with Crippen LogP contribution in [-0.2, 0) is 4.79 Å². The number of rotatable bonds is 3. The Hall–Kier alpha value is -1.07. The van der Waals surface area contributed by atoms with E-state index in [0.717, 1.165) is 11.4 Å². The van der Waals surface area contributed by atoms with Crippen molar-refractivity contribution in [2.45, 2.75) is 6.92 Å². The number of carbonyl (C=O) groups is 1. The van der Waals surface area contributed by atoms with E-state index in [2.05, 4.69) is 10.3 Å². The molecule has 4 nitrogen and oxygen atoms in total. The number of nitrogens with one attached hydrogen (secondary N) is 2. The van der Waals surface area contributed by atoms with Gasteiger partial charge in [-0.15, -0.1) is 0 Å². The number of halogens is 3. The minimum atomic E-state index is -0.214. The van der Waals surface area contributed by atoms with Gasteiger partial charge in [0.1, 0.15) is 0 Å². The van der Waals surface area contributed by atoms with Gasteiger partial charge in [-0.1, -0.05) is 23.2 Å². The summed E-state index contributed by atoms with van der Waals surface area (Å²) in [5, 5.41) is 3.69. The molecule has 0 saturated carbocycles. The average Bonchev–Trinajstić information content (AvgIpc) is 2.81. The first kappa shape index (κ1) is 16.0. The van der Waals surface area contributed by atoms with Crippen LogP contribution in [0.15, 0.2) is 35.1 Å². The number of nitrogens with zero attached hydrogens (tertiary/aromatic N) is 1. The van der Waals surface area contributed by atoms with E-state index < -0.39 is 0 Å². The predicted octanol–water partition coefficient (Wildman–Crippen LogP) is -1.28. The first-order chi connectivity index (χ1) is 8.61. The predicted molar refractivity (Wildman–Crippen MR) is 73.2 cm³/mol. The van der Waals surface area contributed by atoms with Gasteiger partial charge in [0.2, 0.25) is 5.70 Å². The summed E-state index contributed by atoms with van der Waals surface area (Å²) < 4.78 is 0. The van der Waals surface area contributed by atoms with Crippen molar-refractivity contribution in [3.8, 4) is 0 Å². The highest BCUT2D eigenvalue weighted by Crippen LogP contribution is 2.25. The molecule has 1 heterocycles. The average molecular weight is 321 g/mol. The van der Waals surface area contributed by atoms with Crippen LogP contribution >= 0.6 is 23.2 Å². The van der Waals surface area contributed by atoms with Crippen LogP contribution in [0, 0.1) is 0 Å². The quantitative estimate of drug-likeness (QED) is 0.716. The number of benzene rings is 1. The molecule has 7 heteroatoms. The molecule has 19 heavy (non-hydrogen) atoms. The van der Waals surface area contributed by atoms with Crippen molar-refractivity contribution >= 4 is 41.1 Å². The van der Waals surface area contributed by atoms with Crippen molar-refractivity contribution in [3.63, 3.8) is 0 Å². The zero-order chi connectivity index (χ0) is 13.1. The molecule has 0 aromatic heterocycles. The molecule has 1 aliphatic heterocycles. The molecule has 0 radical (unpaired) electrons. The maximum absolute atomic E-state index is 12.0. The van der Waals surface area contributed by atoms with Crippen LogP contribution in [0.1, 0.15) is 6.92 Å². The number of carbonyl (C=O) groups excluding carboxylic acids is 1. The zero-order valence-electron chi connectivity index (χ0n) is 10.1. The van der Waals surface area contributed by atoms with Gasteiger partial charge in [-0.2, -0.15) is 0 Å². The van der Waals surface area contributed by atoms with Crippen molar-refractivity contribution in [2.75, 3.05) is 11.9 Å². The van der Waals surface area contributed by atoms with E-state index in [4.69, 9.17) is 23.2 Å². The van der Waals surface area contributed by atoms with Gasteiger partial charge >= 0.3 is 5.91 Å². The third-order valence-corrected chi connectivity index (χ3v) is 3.13. The first-order valence-electron chi connectivity index (χ1n) is 5.47. The number of amides is 1. The van der Waals surface area contributed by atoms with E-state index in [-0.39, 0.29) is 18.3 Å². The van der Waals surface area contributed by atoms with Crippen molar-refractivity contribution in [1.82, 2.24) is 0 Å². The fraction of sp³-hybridized carbons (Fsp3) is 0.167. The summed E-state index contributed by atoms with van der Waals surface area (Å²) in [4.78, 5) is 16.9. The number of hydrogen-bond acceptors (Lipinski definition) is 2. The van der Waals surface area contributed by atoms with Gasteiger partial charge in [-0.05, 0) is 25.1 Å². The van der Waals surface area contributed by atoms with E-state index >= 15 is 0 Å². The molecule has 0 aliphatic carbocycles. The highest BCUT2D eigenvalue weighted by Gasteiger charge is 2.24. The van der Waals surface area contributed by atoms with Crippen molar-refractivity contribution in [1.29, 1.82) is 0 Å². The Morgan fingerprint density at radius 2 is 2.16 bits per heavy atom. The van der Waals surface area contributed by atoms with Crippen molar-refractivity contribution < 1.29 is 22.1 Å². The highest BCUT2D eigenvalue weighted by molar-refractivity contribution is 6.36.